The van der Waals surface area contributed by atoms with Crippen molar-refractivity contribution in [2.45, 2.75) is 18.9 Å². The molecule has 1 aliphatic heterocycles. The fraction of sp³-hybridized carbons (Fsp3) is 0.346. The zero-order chi connectivity index (χ0) is 26.7. The van der Waals surface area contributed by atoms with E-state index in [1.54, 1.807) is 22.9 Å². The van der Waals surface area contributed by atoms with Crippen molar-refractivity contribution in [1.29, 1.82) is 0 Å². The highest BCUT2D eigenvalue weighted by Crippen LogP contribution is 2.33. The third-order valence-corrected chi connectivity index (χ3v) is 6.28. The first kappa shape index (κ1) is 25.9. The van der Waals surface area contributed by atoms with Crippen LogP contribution in [-0.4, -0.2) is 66.6 Å². The van der Waals surface area contributed by atoms with Crippen LogP contribution < -0.4 is 15.2 Å². The number of rotatable bonds is 7. The average molecular weight is 512 g/mol. The second-order valence-corrected chi connectivity index (χ2v) is 8.39. The van der Waals surface area contributed by atoms with Crippen molar-refractivity contribution in [3.63, 3.8) is 0 Å². The number of methoxy groups -OCH3 is 3. The lowest BCUT2D eigenvalue weighted by atomic mass is 10.1. The van der Waals surface area contributed by atoms with E-state index in [1.165, 1.54) is 20.3 Å². The van der Waals surface area contributed by atoms with Gasteiger partial charge in [0, 0.05) is 32.5 Å². The Hall–Kier alpha value is -4.17. The fourth-order valence-corrected chi connectivity index (χ4v) is 4.39. The molecule has 0 unspecified atom stereocenters. The van der Waals surface area contributed by atoms with Crippen LogP contribution in [0, 0.1) is 23.5 Å². The summed E-state index contributed by atoms with van der Waals surface area (Å²) < 4.78 is 46.8. The molecule has 1 aromatic carbocycles. The predicted octanol–water partition coefficient (Wildman–Crippen LogP) is 2.86. The summed E-state index contributed by atoms with van der Waals surface area (Å²) >= 11 is 0. The first-order valence-electron chi connectivity index (χ1n) is 11.5. The normalized spacial score (nSPS) is 14.9. The molecule has 1 aliphatic rings. The van der Waals surface area contributed by atoms with Gasteiger partial charge in [-0.15, -0.1) is 0 Å². The summed E-state index contributed by atoms with van der Waals surface area (Å²) in [4.78, 5) is 18.1. The number of hydrogen-bond acceptors (Lipinski definition) is 7. The standard InChI is InChI=1S/C26H27F2N5O4/c1-5-21(34)32-10-8-16(14-32)33-25-15(9-11-35-2)13-30-26(29)22(25)18(31-33)7-6-17-23(27)19(36-3)12-20(37-4)24(17)28/h5,12-13,16H,1,8-11,14H2,2-4H3,(H2,29,30)/t16-/m0/s1. The molecule has 194 valence electrons. The molecule has 1 amide bonds. The number of hydrogen-bond donors (Lipinski definition) is 1. The first-order chi connectivity index (χ1) is 17.8. The molecule has 2 aromatic heterocycles. The van der Waals surface area contributed by atoms with E-state index in [4.69, 9.17) is 25.0 Å². The van der Waals surface area contributed by atoms with Gasteiger partial charge in [-0.3, -0.25) is 9.48 Å². The van der Waals surface area contributed by atoms with Crippen molar-refractivity contribution < 1.29 is 27.8 Å². The lowest BCUT2D eigenvalue weighted by Gasteiger charge is -2.16. The molecule has 9 nitrogen and oxygen atoms in total. The van der Waals surface area contributed by atoms with Crippen LogP contribution in [0.5, 0.6) is 11.5 Å². The summed E-state index contributed by atoms with van der Waals surface area (Å²) in [5, 5.41) is 5.15. The number of nitrogens with two attached hydrogens (primary N) is 1. The number of nitrogen functional groups attached to an aromatic ring is 1. The van der Waals surface area contributed by atoms with Gasteiger partial charge in [-0.1, -0.05) is 12.5 Å². The molecule has 0 bridgehead atoms. The zero-order valence-electron chi connectivity index (χ0n) is 20.8. The molecule has 0 spiro atoms. The molecule has 0 radical (unpaired) electrons. The highest BCUT2D eigenvalue weighted by molar-refractivity contribution is 5.95. The minimum absolute atomic E-state index is 0.169. The smallest absolute Gasteiger partial charge is 0.246 e. The van der Waals surface area contributed by atoms with E-state index >= 15 is 0 Å². The number of likely N-dealkylation sites (tertiary alicyclic amines) is 1. The van der Waals surface area contributed by atoms with E-state index in [0.717, 1.165) is 11.6 Å². The molecule has 1 saturated heterocycles. The molecular formula is C26H27F2N5O4. The minimum Gasteiger partial charge on any atom is -0.493 e. The maximum atomic E-state index is 14.9. The van der Waals surface area contributed by atoms with Crippen LogP contribution in [0.1, 0.15) is 29.3 Å². The number of benzene rings is 1. The second kappa shape index (κ2) is 10.8. The summed E-state index contributed by atoms with van der Waals surface area (Å²) in [5.41, 5.74) is 7.44. The number of carbonyl (C=O) groups excluding carboxylic acids is 1. The molecule has 0 saturated carbocycles. The highest BCUT2D eigenvalue weighted by atomic mass is 19.1. The Morgan fingerprint density at radius 1 is 1.24 bits per heavy atom. The Morgan fingerprint density at radius 3 is 2.57 bits per heavy atom. The lowest BCUT2D eigenvalue weighted by Crippen LogP contribution is -2.27. The number of pyridine rings is 1. The van der Waals surface area contributed by atoms with E-state index in [9.17, 15) is 13.6 Å². The van der Waals surface area contributed by atoms with E-state index in [1.807, 2.05) is 0 Å². The number of anilines is 1. The van der Waals surface area contributed by atoms with Crippen molar-refractivity contribution in [1.82, 2.24) is 19.7 Å². The van der Waals surface area contributed by atoms with Crippen molar-refractivity contribution in [3.05, 3.63) is 53.4 Å². The summed E-state index contributed by atoms with van der Waals surface area (Å²) in [6.07, 6.45) is 4.10. The van der Waals surface area contributed by atoms with E-state index < -0.39 is 17.2 Å². The largest absolute Gasteiger partial charge is 0.493 e. The van der Waals surface area contributed by atoms with Crippen LogP contribution in [0.2, 0.25) is 0 Å². The van der Waals surface area contributed by atoms with Gasteiger partial charge in [0.15, 0.2) is 23.1 Å². The van der Waals surface area contributed by atoms with Gasteiger partial charge in [0.25, 0.3) is 0 Å². The number of aromatic nitrogens is 3. The predicted molar refractivity (Wildman–Crippen MR) is 133 cm³/mol. The third kappa shape index (κ3) is 4.80. The van der Waals surface area contributed by atoms with Crippen molar-refractivity contribution in [2.24, 2.45) is 0 Å². The quantitative estimate of drug-likeness (QED) is 0.384. The highest BCUT2D eigenvalue weighted by Gasteiger charge is 2.30. The van der Waals surface area contributed by atoms with Gasteiger partial charge in [-0.05, 0) is 30.4 Å². The van der Waals surface area contributed by atoms with Crippen molar-refractivity contribution >= 4 is 22.6 Å². The maximum absolute atomic E-state index is 14.9. The van der Waals surface area contributed by atoms with Gasteiger partial charge in [0.05, 0.1) is 37.8 Å². The number of ether oxygens (including phenoxy) is 3. The molecule has 3 heterocycles. The summed E-state index contributed by atoms with van der Waals surface area (Å²) in [6.45, 7) is 4.94. The van der Waals surface area contributed by atoms with Crippen LogP contribution in [-0.2, 0) is 16.0 Å². The molecule has 2 N–H and O–H groups in total. The molecule has 11 heteroatoms. The minimum atomic E-state index is -0.960. The molecule has 37 heavy (non-hydrogen) atoms. The van der Waals surface area contributed by atoms with Gasteiger partial charge in [0.2, 0.25) is 5.91 Å². The molecule has 3 aromatic rings. The molecule has 4 rings (SSSR count). The van der Waals surface area contributed by atoms with Crippen LogP contribution in [0.3, 0.4) is 0 Å². The number of halogens is 2. The third-order valence-electron chi connectivity index (χ3n) is 6.28. The number of nitrogens with zero attached hydrogens (tertiary/aromatic N) is 4. The maximum Gasteiger partial charge on any atom is 0.246 e. The van der Waals surface area contributed by atoms with Crippen molar-refractivity contribution in [3.8, 4) is 23.3 Å². The van der Waals surface area contributed by atoms with E-state index in [2.05, 4.69) is 23.4 Å². The van der Waals surface area contributed by atoms with E-state index in [0.29, 0.717) is 43.4 Å². The SMILES string of the molecule is C=CC(=O)N1CC[C@H](n2nc(C#Cc3c(F)c(OC)cc(OC)c3F)c3c(N)ncc(CCOC)c32)C1. The summed E-state index contributed by atoms with van der Waals surface area (Å²) in [7, 11) is 4.12. The fourth-order valence-electron chi connectivity index (χ4n) is 4.39. The van der Waals surface area contributed by atoms with Gasteiger partial charge in [0.1, 0.15) is 17.1 Å². The average Bonchev–Trinajstić information content (AvgIpc) is 3.54. The Labute approximate surface area is 212 Å². The van der Waals surface area contributed by atoms with Gasteiger partial charge < -0.3 is 24.8 Å². The summed E-state index contributed by atoms with van der Waals surface area (Å²) in [6, 6.07) is 0.941. The second-order valence-electron chi connectivity index (χ2n) is 8.39. The number of fused-ring (bicyclic) bond motifs is 1. The Bertz CT molecular complexity index is 1400. The zero-order valence-corrected chi connectivity index (χ0v) is 20.8. The molecule has 1 fully saturated rings. The summed E-state index contributed by atoms with van der Waals surface area (Å²) in [5.74, 6) is 2.99. The van der Waals surface area contributed by atoms with E-state index in [-0.39, 0.29) is 35.0 Å². The lowest BCUT2D eigenvalue weighted by molar-refractivity contribution is -0.125. The first-order valence-corrected chi connectivity index (χ1v) is 11.5. The Morgan fingerprint density at radius 2 is 1.95 bits per heavy atom. The van der Waals surface area contributed by atoms with Crippen LogP contribution >= 0.6 is 0 Å². The van der Waals surface area contributed by atoms with Gasteiger partial charge in [-0.25, -0.2) is 13.8 Å². The Kier molecular flexibility index (Phi) is 7.59. The number of amides is 1. The molecular weight excluding hydrogens is 484 g/mol. The van der Waals surface area contributed by atoms with Crippen LogP contribution in [0.25, 0.3) is 10.9 Å². The molecule has 1 atom stereocenters. The Balaban J connectivity index is 1.89. The van der Waals surface area contributed by atoms with Crippen molar-refractivity contribution in [2.75, 3.05) is 46.8 Å². The van der Waals surface area contributed by atoms with Gasteiger partial charge in [-0.2, -0.15) is 5.10 Å². The molecule has 0 aliphatic carbocycles. The number of carbonyl (C=O) groups is 1. The topological polar surface area (TPSA) is 105 Å². The monoisotopic (exact) mass is 511 g/mol. The van der Waals surface area contributed by atoms with Gasteiger partial charge >= 0.3 is 0 Å². The van der Waals surface area contributed by atoms with Crippen LogP contribution in [0.4, 0.5) is 14.6 Å². The van der Waals surface area contributed by atoms with Crippen LogP contribution in [0.15, 0.2) is 24.9 Å².